The van der Waals surface area contributed by atoms with Gasteiger partial charge in [-0.15, -0.1) is 0 Å². The highest BCUT2D eigenvalue weighted by molar-refractivity contribution is 5.87. The molecule has 0 heterocycles. The van der Waals surface area contributed by atoms with Crippen LogP contribution in [0.15, 0.2) is 35.0 Å². The SMILES string of the molecule is CN=Cc1cc(O/C(C)=C\C(C)=O)ccc1O. The molecule has 17 heavy (non-hydrogen) atoms. The molecule has 0 aliphatic carbocycles. The Labute approximate surface area is 100 Å². The first-order chi connectivity index (χ1) is 8.02. The highest BCUT2D eigenvalue weighted by Crippen LogP contribution is 2.22. The second-order valence-electron chi connectivity index (χ2n) is 3.58. The molecule has 0 aliphatic heterocycles. The average molecular weight is 233 g/mol. The fourth-order valence-corrected chi connectivity index (χ4v) is 1.34. The molecule has 1 rings (SSSR count). The van der Waals surface area contributed by atoms with Crippen molar-refractivity contribution in [2.24, 2.45) is 4.99 Å². The second-order valence-corrected chi connectivity index (χ2v) is 3.58. The molecular formula is C13H15NO3. The number of benzene rings is 1. The van der Waals surface area contributed by atoms with Crippen molar-refractivity contribution in [1.29, 1.82) is 0 Å². The van der Waals surface area contributed by atoms with Gasteiger partial charge in [-0.1, -0.05) is 0 Å². The Morgan fingerprint density at radius 1 is 1.41 bits per heavy atom. The van der Waals surface area contributed by atoms with Crippen LogP contribution in [0, 0.1) is 0 Å². The zero-order valence-electron chi connectivity index (χ0n) is 10.1. The summed E-state index contributed by atoms with van der Waals surface area (Å²) in [7, 11) is 1.62. The molecule has 90 valence electrons. The third-order valence-corrected chi connectivity index (χ3v) is 1.95. The van der Waals surface area contributed by atoms with Crippen molar-refractivity contribution in [2.75, 3.05) is 7.05 Å². The van der Waals surface area contributed by atoms with Crippen LogP contribution in [-0.2, 0) is 4.79 Å². The van der Waals surface area contributed by atoms with Gasteiger partial charge in [-0.2, -0.15) is 0 Å². The van der Waals surface area contributed by atoms with Gasteiger partial charge in [-0.25, -0.2) is 0 Å². The van der Waals surface area contributed by atoms with Crippen LogP contribution in [0.25, 0.3) is 0 Å². The lowest BCUT2D eigenvalue weighted by Crippen LogP contribution is -1.95. The van der Waals surface area contributed by atoms with E-state index in [9.17, 15) is 9.90 Å². The van der Waals surface area contributed by atoms with Gasteiger partial charge in [0.1, 0.15) is 17.3 Å². The number of rotatable bonds is 4. The fourth-order valence-electron chi connectivity index (χ4n) is 1.34. The zero-order chi connectivity index (χ0) is 12.8. The van der Waals surface area contributed by atoms with Crippen molar-refractivity contribution >= 4 is 12.0 Å². The fraction of sp³-hybridized carbons (Fsp3) is 0.231. The third-order valence-electron chi connectivity index (χ3n) is 1.95. The largest absolute Gasteiger partial charge is 0.507 e. The summed E-state index contributed by atoms with van der Waals surface area (Å²) in [6, 6.07) is 4.80. The van der Waals surface area contributed by atoms with Crippen LogP contribution in [0.5, 0.6) is 11.5 Å². The Kier molecular flexibility index (Phi) is 4.46. The summed E-state index contributed by atoms with van der Waals surface area (Å²) in [4.78, 5) is 14.7. The Balaban J connectivity index is 2.93. The topological polar surface area (TPSA) is 58.9 Å². The number of hydrogen-bond donors (Lipinski definition) is 1. The number of ketones is 1. The number of ether oxygens (including phenoxy) is 1. The normalized spacial score (nSPS) is 11.8. The maximum Gasteiger partial charge on any atom is 0.155 e. The summed E-state index contributed by atoms with van der Waals surface area (Å²) in [5.41, 5.74) is 0.570. The van der Waals surface area contributed by atoms with Crippen LogP contribution in [0.2, 0.25) is 0 Å². The Morgan fingerprint density at radius 3 is 2.71 bits per heavy atom. The number of aliphatic imine (C=N–C) groups is 1. The number of aromatic hydroxyl groups is 1. The van der Waals surface area contributed by atoms with E-state index in [-0.39, 0.29) is 11.5 Å². The van der Waals surface area contributed by atoms with Crippen molar-refractivity contribution < 1.29 is 14.6 Å². The molecule has 0 radical (unpaired) electrons. The molecule has 4 nitrogen and oxygen atoms in total. The van der Waals surface area contributed by atoms with Crippen molar-refractivity contribution in [3.8, 4) is 11.5 Å². The Bertz CT molecular complexity index is 476. The first-order valence-corrected chi connectivity index (χ1v) is 5.15. The van der Waals surface area contributed by atoms with Crippen LogP contribution >= 0.6 is 0 Å². The van der Waals surface area contributed by atoms with Gasteiger partial charge in [0.25, 0.3) is 0 Å². The van der Waals surface area contributed by atoms with Crippen molar-refractivity contribution in [1.82, 2.24) is 0 Å². The lowest BCUT2D eigenvalue weighted by Gasteiger charge is -2.07. The van der Waals surface area contributed by atoms with E-state index in [1.807, 2.05) is 0 Å². The molecule has 0 saturated heterocycles. The van der Waals surface area contributed by atoms with E-state index < -0.39 is 0 Å². The molecule has 1 aromatic carbocycles. The molecular weight excluding hydrogens is 218 g/mol. The van der Waals surface area contributed by atoms with Crippen LogP contribution in [0.4, 0.5) is 0 Å². The van der Waals surface area contributed by atoms with Gasteiger partial charge in [-0.3, -0.25) is 9.79 Å². The summed E-state index contributed by atoms with van der Waals surface area (Å²) < 4.78 is 5.43. The lowest BCUT2D eigenvalue weighted by molar-refractivity contribution is -0.112. The average Bonchev–Trinajstić information content (AvgIpc) is 2.22. The molecule has 0 aromatic heterocycles. The summed E-state index contributed by atoms with van der Waals surface area (Å²) in [6.45, 7) is 3.15. The molecule has 0 aliphatic rings. The predicted molar refractivity (Wildman–Crippen MR) is 66.7 cm³/mol. The Hall–Kier alpha value is -2.10. The van der Waals surface area contributed by atoms with Gasteiger partial charge >= 0.3 is 0 Å². The number of carbonyl (C=O) groups is 1. The maximum absolute atomic E-state index is 10.9. The molecule has 0 saturated carbocycles. The van der Waals surface area contributed by atoms with Crippen molar-refractivity contribution in [2.45, 2.75) is 13.8 Å². The number of nitrogens with zero attached hydrogens (tertiary/aromatic N) is 1. The zero-order valence-corrected chi connectivity index (χ0v) is 10.1. The number of allylic oxidation sites excluding steroid dienone is 2. The van der Waals surface area contributed by atoms with Crippen LogP contribution < -0.4 is 4.74 Å². The van der Waals surface area contributed by atoms with E-state index in [4.69, 9.17) is 4.74 Å². The van der Waals surface area contributed by atoms with Crippen molar-refractivity contribution in [3.05, 3.63) is 35.6 Å². The van der Waals surface area contributed by atoms with E-state index in [1.54, 1.807) is 26.1 Å². The third kappa shape index (κ3) is 4.10. The first-order valence-electron chi connectivity index (χ1n) is 5.15. The number of carbonyl (C=O) groups excluding carboxylic acids is 1. The molecule has 0 amide bonds. The molecule has 4 heteroatoms. The molecule has 0 unspecified atom stereocenters. The standard InChI is InChI=1S/C13H15NO3/c1-9(15)6-10(2)17-12-4-5-13(16)11(7-12)8-14-3/h4-8,16H,1-3H3/b10-6-,14-8?. The van der Waals surface area contributed by atoms with Gasteiger partial charge < -0.3 is 9.84 Å². The minimum Gasteiger partial charge on any atom is -0.507 e. The molecule has 0 fully saturated rings. The van der Waals surface area contributed by atoms with Gasteiger partial charge in [0.05, 0.1) is 0 Å². The van der Waals surface area contributed by atoms with Crippen LogP contribution in [0.3, 0.4) is 0 Å². The smallest absolute Gasteiger partial charge is 0.155 e. The summed E-state index contributed by atoms with van der Waals surface area (Å²) >= 11 is 0. The minimum absolute atomic E-state index is 0.0726. The lowest BCUT2D eigenvalue weighted by atomic mass is 10.2. The second kappa shape index (κ2) is 5.84. The number of hydrogen-bond acceptors (Lipinski definition) is 4. The van der Waals surface area contributed by atoms with Crippen LogP contribution in [-0.4, -0.2) is 24.2 Å². The highest BCUT2D eigenvalue weighted by Gasteiger charge is 2.02. The number of phenolic OH excluding ortho intramolecular Hbond substituents is 1. The van der Waals surface area contributed by atoms with E-state index in [0.717, 1.165) is 0 Å². The van der Waals surface area contributed by atoms with Crippen LogP contribution in [0.1, 0.15) is 19.4 Å². The maximum atomic E-state index is 10.9. The van der Waals surface area contributed by atoms with Gasteiger partial charge in [0, 0.05) is 24.9 Å². The van der Waals surface area contributed by atoms with E-state index in [1.165, 1.54) is 25.3 Å². The molecule has 0 bridgehead atoms. The van der Waals surface area contributed by atoms with Gasteiger partial charge in [0.15, 0.2) is 5.78 Å². The quantitative estimate of drug-likeness (QED) is 0.493. The van der Waals surface area contributed by atoms with Gasteiger partial charge in [0.2, 0.25) is 0 Å². The highest BCUT2D eigenvalue weighted by atomic mass is 16.5. The van der Waals surface area contributed by atoms with E-state index in [0.29, 0.717) is 17.1 Å². The monoisotopic (exact) mass is 233 g/mol. The number of phenols is 1. The Morgan fingerprint density at radius 2 is 2.12 bits per heavy atom. The molecule has 1 aromatic rings. The summed E-state index contributed by atoms with van der Waals surface area (Å²) in [6.07, 6.45) is 2.94. The van der Waals surface area contributed by atoms with Crippen molar-refractivity contribution in [3.63, 3.8) is 0 Å². The summed E-state index contributed by atoms with van der Waals surface area (Å²) in [5.74, 6) is 1.11. The minimum atomic E-state index is -0.0726. The predicted octanol–water partition coefficient (Wildman–Crippen LogP) is 2.31. The molecule has 1 N–H and O–H groups in total. The molecule has 0 atom stereocenters. The van der Waals surface area contributed by atoms with Gasteiger partial charge in [-0.05, 0) is 32.0 Å². The van der Waals surface area contributed by atoms with E-state index >= 15 is 0 Å². The summed E-state index contributed by atoms with van der Waals surface area (Å²) in [5, 5.41) is 9.53. The molecule has 0 spiro atoms. The first kappa shape index (κ1) is 13.0. The van der Waals surface area contributed by atoms with E-state index in [2.05, 4.69) is 4.99 Å².